The van der Waals surface area contributed by atoms with E-state index in [4.69, 9.17) is 11.6 Å². The van der Waals surface area contributed by atoms with E-state index in [0.29, 0.717) is 16.5 Å². The lowest BCUT2D eigenvalue weighted by molar-refractivity contribution is -0.138. The lowest BCUT2D eigenvalue weighted by atomic mass is 10.1. The maximum Gasteiger partial charge on any atom is 0.417 e. The minimum absolute atomic E-state index is 0.0307. The average molecular weight is 326 g/mol. The molecule has 0 aliphatic rings. The minimum Gasteiger partial charge on any atom is -0.166 e. The predicted molar refractivity (Wildman–Crippen MR) is 61.8 cm³/mol. The van der Waals surface area contributed by atoms with Crippen molar-refractivity contribution in [2.75, 3.05) is 0 Å². The van der Waals surface area contributed by atoms with Crippen LogP contribution in [0.15, 0.2) is 22.8 Å². The van der Waals surface area contributed by atoms with Gasteiger partial charge in [-0.3, -0.25) is 0 Å². The van der Waals surface area contributed by atoms with Crippen LogP contribution in [0.2, 0.25) is 0 Å². The van der Waals surface area contributed by atoms with Gasteiger partial charge in [-0.1, -0.05) is 15.9 Å². The van der Waals surface area contributed by atoms with Crippen molar-refractivity contribution < 1.29 is 13.2 Å². The Hall–Kier alpha value is -0.880. The molecule has 0 saturated carbocycles. The van der Waals surface area contributed by atoms with Crippen molar-refractivity contribution in [3.8, 4) is 0 Å². The van der Waals surface area contributed by atoms with Crippen LogP contribution in [0.4, 0.5) is 13.2 Å². The van der Waals surface area contributed by atoms with Crippen molar-refractivity contribution in [3.63, 3.8) is 0 Å². The highest BCUT2D eigenvalue weighted by molar-refractivity contribution is 9.10. The zero-order valence-corrected chi connectivity index (χ0v) is 10.6. The summed E-state index contributed by atoms with van der Waals surface area (Å²) in [6, 6.07) is 2.40. The quantitative estimate of drug-likeness (QED) is 0.736. The number of benzene rings is 1. The molecule has 90 valence electrons. The number of nitrogens with zero attached hydrogens (tertiary/aromatic N) is 2. The molecule has 0 radical (unpaired) electrons. The molecule has 2 aromatic rings. The summed E-state index contributed by atoms with van der Waals surface area (Å²) in [5.74, 6) is 0.0993. The molecule has 1 heterocycles. The maximum atomic E-state index is 12.7. The first-order valence-electron chi connectivity index (χ1n) is 4.50. The van der Waals surface area contributed by atoms with Crippen molar-refractivity contribution in [1.82, 2.24) is 10.2 Å². The molecule has 0 unspecified atom stereocenters. The van der Waals surface area contributed by atoms with Gasteiger partial charge >= 0.3 is 6.18 Å². The fourth-order valence-corrected chi connectivity index (χ4v) is 2.24. The molecule has 17 heavy (non-hydrogen) atoms. The highest BCUT2D eigenvalue weighted by Crippen LogP contribution is 2.37. The molecule has 0 spiro atoms. The van der Waals surface area contributed by atoms with E-state index in [2.05, 4.69) is 26.1 Å². The summed E-state index contributed by atoms with van der Waals surface area (Å²) < 4.78 is 38.0. The van der Waals surface area contributed by atoms with Crippen LogP contribution in [-0.4, -0.2) is 10.2 Å². The van der Waals surface area contributed by atoms with Crippen LogP contribution >= 0.6 is 27.5 Å². The number of halogens is 5. The van der Waals surface area contributed by atoms with Crippen LogP contribution < -0.4 is 0 Å². The van der Waals surface area contributed by atoms with Gasteiger partial charge in [0, 0.05) is 15.2 Å². The highest BCUT2D eigenvalue weighted by atomic mass is 79.9. The molecule has 0 aliphatic heterocycles. The van der Waals surface area contributed by atoms with Gasteiger partial charge in [-0.05, 0) is 12.1 Å². The second kappa shape index (κ2) is 4.42. The molecule has 7 heteroatoms. The van der Waals surface area contributed by atoms with E-state index in [0.717, 1.165) is 6.07 Å². The standard InChI is InChI=1S/C10H5BrClF3N2/c11-8-2-6-5(1-7(8)10(13,14)15)4-16-17-9(6)3-12/h1-2,4H,3H2. The van der Waals surface area contributed by atoms with Gasteiger partial charge in [-0.25, -0.2) is 0 Å². The molecule has 0 N–H and O–H groups in total. The lowest BCUT2D eigenvalue weighted by Crippen LogP contribution is -2.06. The van der Waals surface area contributed by atoms with E-state index in [-0.39, 0.29) is 10.4 Å². The fourth-order valence-electron chi connectivity index (χ4n) is 1.48. The zero-order valence-electron chi connectivity index (χ0n) is 8.22. The molecular weight excluding hydrogens is 320 g/mol. The molecule has 0 atom stereocenters. The number of fused-ring (bicyclic) bond motifs is 1. The number of hydrogen-bond acceptors (Lipinski definition) is 2. The second-order valence-electron chi connectivity index (χ2n) is 3.34. The van der Waals surface area contributed by atoms with Gasteiger partial charge in [-0.15, -0.1) is 11.6 Å². The number of hydrogen-bond donors (Lipinski definition) is 0. The molecule has 0 saturated heterocycles. The molecule has 0 amide bonds. The van der Waals surface area contributed by atoms with Gasteiger partial charge < -0.3 is 0 Å². The van der Waals surface area contributed by atoms with Gasteiger partial charge in [0.15, 0.2) is 0 Å². The van der Waals surface area contributed by atoms with Crippen LogP contribution in [0.3, 0.4) is 0 Å². The molecule has 2 rings (SSSR count). The Morgan fingerprint density at radius 2 is 2.00 bits per heavy atom. The van der Waals surface area contributed by atoms with Gasteiger partial charge in [-0.2, -0.15) is 23.4 Å². The van der Waals surface area contributed by atoms with Crippen LogP contribution in [0.5, 0.6) is 0 Å². The third kappa shape index (κ3) is 2.37. The molecule has 0 aliphatic carbocycles. The van der Waals surface area contributed by atoms with Crippen molar-refractivity contribution >= 4 is 38.3 Å². The first kappa shape index (κ1) is 12.6. The number of aromatic nitrogens is 2. The minimum atomic E-state index is -4.41. The van der Waals surface area contributed by atoms with E-state index < -0.39 is 11.7 Å². The topological polar surface area (TPSA) is 25.8 Å². The third-order valence-corrected chi connectivity index (χ3v) is 3.17. The number of alkyl halides is 4. The summed E-state index contributed by atoms with van der Waals surface area (Å²) in [7, 11) is 0. The van der Waals surface area contributed by atoms with E-state index in [1.807, 2.05) is 0 Å². The molecule has 0 fully saturated rings. The largest absolute Gasteiger partial charge is 0.417 e. The normalized spacial score (nSPS) is 12.1. The predicted octanol–water partition coefficient (Wildman–Crippen LogP) is 4.15. The van der Waals surface area contributed by atoms with Gasteiger partial charge in [0.25, 0.3) is 0 Å². The SMILES string of the molecule is FC(F)(F)c1cc2cnnc(CCl)c2cc1Br. The third-order valence-electron chi connectivity index (χ3n) is 2.26. The van der Waals surface area contributed by atoms with Crippen molar-refractivity contribution in [1.29, 1.82) is 0 Å². The Kier molecular flexibility index (Phi) is 3.27. The van der Waals surface area contributed by atoms with E-state index >= 15 is 0 Å². The van der Waals surface area contributed by atoms with Crippen LogP contribution in [0.1, 0.15) is 11.3 Å². The first-order valence-corrected chi connectivity index (χ1v) is 5.83. The monoisotopic (exact) mass is 324 g/mol. The second-order valence-corrected chi connectivity index (χ2v) is 4.46. The summed E-state index contributed by atoms with van der Waals surface area (Å²) in [5.41, 5.74) is -0.280. The van der Waals surface area contributed by atoms with Crippen molar-refractivity contribution in [2.24, 2.45) is 0 Å². The Labute approximate surface area is 108 Å². The van der Waals surface area contributed by atoms with Gasteiger partial charge in [0.1, 0.15) is 0 Å². The van der Waals surface area contributed by atoms with Crippen LogP contribution in [-0.2, 0) is 12.1 Å². The summed E-state index contributed by atoms with van der Waals surface area (Å²) in [6.45, 7) is 0. The van der Waals surface area contributed by atoms with Gasteiger partial charge in [0.2, 0.25) is 0 Å². The molecule has 0 bridgehead atoms. The highest BCUT2D eigenvalue weighted by Gasteiger charge is 2.33. The number of rotatable bonds is 1. The summed E-state index contributed by atoms with van der Waals surface area (Å²) in [4.78, 5) is 0. The van der Waals surface area contributed by atoms with E-state index in [1.165, 1.54) is 12.3 Å². The summed E-state index contributed by atoms with van der Waals surface area (Å²) >= 11 is 8.55. The van der Waals surface area contributed by atoms with E-state index in [9.17, 15) is 13.2 Å². The Morgan fingerprint density at radius 1 is 1.29 bits per heavy atom. The smallest absolute Gasteiger partial charge is 0.166 e. The molecule has 2 nitrogen and oxygen atoms in total. The zero-order chi connectivity index (χ0) is 12.6. The molecule has 1 aromatic carbocycles. The lowest BCUT2D eigenvalue weighted by Gasteiger charge is -2.11. The molecular formula is C10H5BrClF3N2. The van der Waals surface area contributed by atoms with Gasteiger partial charge in [0.05, 0.1) is 23.3 Å². The molecule has 1 aromatic heterocycles. The Morgan fingerprint density at radius 3 is 2.59 bits per heavy atom. The summed E-state index contributed by atoms with van der Waals surface area (Å²) in [6.07, 6.45) is -3.12. The van der Waals surface area contributed by atoms with Crippen molar-refractivity contribution in [3.05, 3.63) is 34.1 Å². The summed E-state index contributed by atoms with van der Waals surface area (Å²) in [5, 5.41) is 8.33. The average Bonchev–Trinajstić information content (AvgIpc) is 2.26. The Bertz CT molecular complexity index is 571. The van der Waals surface area contributed by atoms with Crippen LogP contribution in [0, 0.1) is 0 Å². The fraction of sp³-hybridized carbons (Fsp3) is 0.200. The van der Waals surface area contributed by atoms with Crippen LogP contribution in [0.25, 0.3) is 10.8 Å². The van der Waals surface area contributed by atoms with E-state index in [1.54, 1.807) is 0 Å². The first-order chi connectivity index (χ1) is 7.93. The maximum absolute atomic E-state index is 12.7. The Balaban J connectivity index is 2.75. The van der Waals surface area contributed by atoms with Crippen molar-refractivity contribution in [2.45, 2.75) is 12.1 Å².